The van der Waals surface area contributed by atoms with Crippen molar-refractivity contribution in [1.29, 1.82) is 0 Å². The molecule has 0 radical (unpaired) electrons. The van der Waals surface area contributed by atoms with Gasteiger partial charge in [0.15, 0.2) is 5.96 Å². The molecule has 1 aliphatic heterocycles. The van der Waals surface area contributed by atoms with Crippen molar-refractivity contribution in [3.8, 4) is 0 Å². The Hall–Kier alpha value is -2.08. The van der Waals surface area contributed by atoms with E-state index in [0.717, 1.165) is 43.1 Å². The standard InChI is InChI=1S/C21H35N5O/c1-5-22-21(24-16-18-10-13-26(4)14-11-18)23-12-9-17-7-6-8-19(15-17)20(27)25(2)3/h6-8,15,18H,5,9-14,16H2,1-4H3,(H2,22,23,24). The van der Waals surface area contributed by atoms with E-state index in [1.165, 1.54) is 25.9 Å². The Balaban J connectivity index is 1.84. The summed E-state index contributed by atoms with van der Waals surface area (Å²) in [6.45, 7) is 6.96. The maximum atomic E-state index is 12.1. The maximum Gasteiger partial charge on any atom is 0.253 e. The summed E-state index contributed by atoms with van der Waals surface area (Å²) in [6, 6.07) is 7.86. The first-order valence-electron chi connectivity index (χ1n) is 10.0. The third-order valence-corrected chi connectivity index (χ3v) is 4.98. The quantitative estimate of drug-likeness (QED) is 0.565. The molecular weight excluding hydrogens is 338 g/mol. The highest BCUT2D eigenvalue weighted by molar-refractivity contribution is 5.94. The van der Waals surface area contributed by atoms with Crippen LogP contribution in [-0.2, 0) is 6.42 Å². The van der Waals surface area contributed by atoms with Crippen LogP contribution in [0.4, 0.5) is 0 Å². The molecular formula is C21H35N5O. The lowest BCUT2D eigenvalue weighted by Crippen LogP contribution is -2.39. The van der Waals surface area contributed by atoms with Crippen LogP contribution in [0.5, 0.6) is 0 Å². The molecule has 0 unspecified atom stereocenters. The third-order valence-electron chi connectivity index (χ3n) is 4.98. The molecule has 0 spiro atoms. The van der Waals surface area contributed by atoms with Crippen molar-refractivity contribution in [3.05, 3.63) is 35.4 Å². The number of likely N-dealkylation sites (tertiary alicyclic amines) is 1. The van der Waals surface area contributed by atoms with Crippen molar-refractivity contribution in [2.75, 3.05) is 53.9 Å². The van der Waals surface area contributed by atoms with Gasteiger partial charge >= 0.3 is 0 Å². The second-order valence-corrected chi connectivity index (χ2v) is 7.54. The minimum absolute atomic E-state index is 0.0397. The minimum atomic E-state index is 0.0397. The summed E-state index contributed by atoms with van der Waals surface area (Å²) in [6.07, 6.45) is 3.31. The zero-order valence-electron chi connectivity index (χ0n) is 17.3. The average molecular weight is 374 g/mol. The number of aliphatic imine (C=N–C) groups is 1. The number of benzene rings is 1. The van der Waals surface area contributed by atoms with Crippen LogP contribution >= 0.6 is 0 Å². The van der Waals surface area contributed by atoms with Gasteiger partial charge in [0.25, 0.3) is 5.91 Å². The van der Waals surface area contributed by atoms with Crippen molar-refractivity contribution in [2.24, 2.45) is 10.9 Å². The van der Waals surface area contributed by atoms with Gasteiger partial charge < -0.3 is 20.4 Å². The van der Waals surface area contributed by atoms with E-state index in [0.29, 0.717) is 5.92 Å². The number of piperidine rings is 1. The lowest BCUT2D eigenvalue weighted by atomic mass is 9.97. The Bertz CT molecular complexity index is 621. The van der Waals surface area contributed by atoms with Gasteiger partial charge in [-0.3, -0.25) is 9.79 Å². The summed E-state index contributed by atoms with van der Waals surface area (Å²) < 4.78 is 0. The number of nitrogens with zero attached hydrogens (tertiary/aromatic N) is 3. The Morgan fingerprint density at radius 3 is 2.67 bits per heavy atom. The smallest absolute Gasteiger partial charge is 0.253 e. The van der Waals surface area contributed by atoms with E-state index in [4.69, 9.17) is 4.99 Å². The molecule has 150 valence electrons. The fraction of sp³-hybridized carbons (Fsp3) is 0.619. The molecule has 0 aromatic heterocycles. The number of amides is 1. The molecule has 1 amide bonds. The predicted molar refractivity (Wildman–Crippen MR) is 112 cm³/mol. The molecule has 1 saturated heterocycles. The van der Waals surface area contributed by atoms with Crippen LogP contribution in [-0.4, -0.2) is 75.5 Å². The number of carbonyl (C=O) groups excluding carboxylic acids is 1. The summed E-state index contributed by atoms with van der Waals surface area (Å²) in [5, 5.41) is 6.75. The normalized spacial score (nSPS) is 16.2. The van der Waals surface area contributed by atoms with Crippen molar-refractivity contribution in [1.82, 2.24) is 20.4 Å². The first-order chi connectivity index (χ1) is 13.0. The third kappa shape index (κ3) is 7.21. The topological polar surface area (TPSA) is 60.0 Å². The second kappa shape index (κ2) is 10.9. The Morgan fingerprint density at radius 2 is 2.00 bits per heavy atom. The van der Waals surface area contributed by atoms with Crippen molar-refractivity contribution in [3.63, 3.8) is 0 Å². The summed E-state index contributed by atoms with van der Waals surface area (Å²) >= 11 is 0. The van der Waals surface area contributed by atoms with Crippen LogP contribution < -0.4 is 10.6 Å². The molecule has 0 atom stereocenters. The molecule has 2 rings (SSSR count). The van der Waals surface area contributed by atoms with Crippen LogP contribution in [0.15, 0.2) is 29.3 Å². The van der Waals surface area contributed by atoms with E-state index < -0.39 is 0 Å². The zero-order valence-corrected chi connectivity index (χ0v) is 17.3. The lowest BCUT2D eigenvalue weighted by molar-refractivity contribution is 0.0827. The van der Waals surface area contributed by atoms with Crippen LogP contribution in [0.25, 0.3) is 0 Å². The van der Waals surface area contributed by atoms with Gasteiger partial charge in [0.05, 0.1) is 0 Å². The summed E-state index contributed by atoms with van der Waals surface area (Å²) in [4.78, 5) is 20.9. The Labute approximate surface area is 164 Å². The lowest BCUT2D eigenvalue weighted by Gasteiger charge is -2.28. The van der Waals surface area contributed by atoms with Gasteiger partial charge in [-0.05, 0) is 69.9 Å². The van der Waals surface area contributed by atoms with E-state index in [1.54, 1.807) is 19.0 Å². The van der Waals surface area contributed by atoms with Gasteiger partial charge in [-0.1, -0.05) is 12.1 Å². The van der Waals surface area contributed by atoms with Crippen molar-refractivity contribution >= 4 is 11.9 Å². The van der Waals surface area contributed by atoms with E-state index in [2.05, 4.69) is 35.6 Å². The van der Waals surface area contributed by atoms with Crippen LogP contribution in [0.3, 0.4) is 0 Å². The SMILES string of the molecule is CCNC(=NCC1CCN(C)CC1)NCCc1cccc(C(=O)N(C)C)c1. The highest BCUT2D eigenvalue weighted by Gasteiger charge is 2.16. The molecule has 1 aromatic carbocycles. The molecule has 0 saturated carbocycles. The van der Waals surface area contributed by atoms with Gasteiger partial charge in [0.2, 0.25) is 0 Å². The largest absolute Gasteiger partial charge is 0.357 e. The molecule has 0 aliphatic carbocycles. The monoisotopic (exact) mass is 373 g/mol. The fourth-order valence-corrected chi connectivity index (χ4v) is 3.25. The number of rotatable bonds is 7. The first-order valence-corrected chi connectivity index (χ1v) is 10.0. The molecule has 0 bridgehead atoms. The first kappa shape index (κ1) is 21.2. The summed E-state index contributed by atoms with van der Waals surface area (Å²) in [5.41, 5.74) is 1.89. The molecule has 1 aromatic rings. The summed E-state index contributed by atoms with van der Waals surface area (Å²) in [5.74, 6) is 1.61. The molecule has 2 N–H and O–H groups in total. The van der Waals surface area contributed by atoms with Crippen LogP contribution in [0, 0.1) is 5.92 Å². The zero-order chi connectivity index (χ0) is 19.6. The summed E-state index contributed by atoms with van der Waals surface area (Å²) in [7, 11) is 5.74. The van der Waals surface area contributed by atoms with E-state index in [1.807, 2.05) is 18.2 Å². The maximum absolute atomic E-state index is 12.1. The average Bonchev–Trinajstić information content (AvgIpc) is 2.67. The predicted octanol–water partition coefficient (Wildman–Crippen LogP) is 1.83. The van der Waals surface area contributed by atoms with Crippen LogP contribution in [0.1, 0.15) is 35.7 Å². The molecule has 1 aliphatic rings. The molecule has 1 fully saturated rings. The van der Waals surface area contributed by atoms with Gasteiger partial charge in [0, 0.05) is 39.3 Å². The Kier molecular flexibility index (Phi) is 8.58. The van der Waals surface area contributed by atoms with Crippen LogP contribution in [0.2, 0.25) is 0 Å². The van der Waals surface area contributed by atoms with Crippen molar-refractivity contribution < 1.29 is 4.79 Å². The highest BCUT2D eigenvalue weighted by Crippen LogP contribution is 2.15. The van der Waals surface area contributed by atoms with Gasteiger partial charge in [-0.25, -0.2) is 0 Å². The number of guanidine groups is 1. The number of nitrogens with one attached hydrogen (secondary N) is 2. The molecule has 1 heterocycles. The minimum Gasteiger partial charge on any atom is -0.357 e. The number of carbonyl (C=O) groups is 1. The van der Waals surface area contributed by atoms with Crippen molar-refractivity contribution in [2.45, 2.75) is 26.2 Å². The van der Waals surface area contributed by atoms with Gasteiger partial charge in [-0.15, -0.1) is 0 Å². The Morgan fingerprint density at radius 1 is 1.26 bits per heavy atom. The second-order valence-electron chi connectivity index (χ2n) is 7.54. The van der Waals surface area contributed by atoms with E-state index in [-0.39, 0.29) is 5.91 Å². The van der Waals surface area contributed by atoms with E-state index in [9.17, 15) is 4.79 Å². The number of hydrogen-bond donors (Lipinski definition) is 2. The fourth-order valence-electron chi connectivity index (χ4n) is 3.25. The van der Waals surface area contributed by atoms with E-state index >= 15 is 0 Å². The van der Waals surface area contributed by atoms with Gasteiger partial charge in [-0.2, -0.15) is 0 Å². The molecule has 6 heteroatoms. The highest BCUT2D eigenvalue weighted by atomic mass is 16.2. The van der Waals surface area contributed by atoms with Gasteiger partial charge in [0.1, 0.15) is 0 Å². The molecule has 6 nitrogen and oxygen atoms in total. The molecule has 27 heavy (non-hydrogen) atoms. The number of hydrogen-bond acceptors (Lipinski definition) is 3.